The zero-order valence-corrected chi connectivity index (χ0v) is 15.6. The molecule has 8 nitrogen and oxygen atoms in total. The van der Waals surface area contributed by atoms with E-state index in [4.69, 9.17) is 4.74 Å². The number of aromatic nitrogens is 4. The number of aryl methyl sites for hydroxylation is 2. The van der Waals surface area contributed by atoms with E-state index >= 15 is 0 Å². The minimum atomic E-state index is 0.0526. The van der Waals surface area contributed by atoms with E-state index in [9.17, 15) is 4.79 Å². The fourth-order valence-corrected chi connectivity index (χ4v) is 3.33. The van der Waals surface area contributed by atoms with Crippen molar-refractivity contribution in [2.75, 3.05) is 25.1 Å². The number of methoxy groups -OCH3 is 1. The highest BCUT2D eigenvalue weighted by atomic mass is 16.5. The molecule has 2 atom stereocenters. The van der Waals surface area contributed by atoms with E-state index in [1.807, 2.05) is 30.9 Å². The Morgan fingerprint density at radius 1 is 1.46 bits per heavy atom. The number of carbonyl (C=O) groups excluding carboxylic acids is 1. The van der Waals surface area contributed by atoms with Gasteiger partial charge in [0.25, 0.3) is 0 Å². The Kier molecular flexibility index (Phi) is 5.82. The van der Waals surface area contributed by atoms with Crippen molar-refractivity contribution in [2.24, 2.45) is 7.05 Å². The van der Waals surface area contributed by atoms with Crippen molar-refractivity contribution in [2.45, 2.75) is 38.3 Å². The lowest BCUT2D eigenvalue weighted by atomic mass is 10.1. The second-order valence-corrected chi connectivity index (χ2v) is 6.65. The van der Waals surface area contributed by atoms with Crippen molar-refractivity contribution in [1.29, 1.82) is 0 Å². The van der Waals surface area contributed by atoms with Crippen LogP contribution in [0.1, 0.15) is 24.1 Å². The van der Waals surface area contributed by atoms with Crippen LogP contribution in [0.4, 0.5) is 5.82 Å². The van der Waals surface area contributed by atoms with Gasteiger partial charge < -0.3 is 15.0 Å². The predicted octanol–water partition coefficient (Wildman–Crippen LogP) is 0.861. The smallest absolute Gasteiger partial charge is 0.220 e. The van der Waals surface area contributed by atoms with E-state index in [-0.39, 0.29) is 18.1 Å². The second-order valence-electron chi connectivity index (χ2n) is 6.65. The molecular weight excluding hydrogens is 332 g/mol. The SMILES string of the molecule is CO[C@@H]1C[C@H](CNC(=O)CCc2cnn(C)c2C)N(c2ccncn2)C1. The molecule has 3 rings (SSSR count). The van der Waals surface area contributed by atoms with E-state index in [2.05, 4.69) is 25.3 Å². The maximum absolute atomic E-state index is 12.3. The zero-order chi connectivity index (χ0) is 18.5. The molecule has 0 saturated carbocycles. The highest BCUT2D eigenvalue weighted by Crippen LogP contribution is 2.24. The summed E-state index contributed by atoms with van der Waals surface area (Å²) < 4.78 is 7.34. The van der Waals surface area contributed by atoms with E-state index in [1.165, 1.54) is 0 Å². The molecule has 0 spiro atoms. The van der Waals surface area contributed by atoms with Gasteiger partial charge >= 0.3 is 0 Å². The Morgan fingerprint density at radius 2 is 2.31 bits per heavy atom. The van der Waals surface area contributed by atoms with Crippen molar-refractivity contribution in [3.8, 4) is 0 Å². The molecule has 8 heteroatoms. The Balaban J connectivity index is 1.53. The molecule has 1 saturated heterocycles. The van der Waals surface area contributed by atoms with Gasteiger partial charge in [0.05, 0.1) is 18.3 Å². The van der Waals surface area contributed by atoms with E-state index in [0.717, 1.165) is 30.0 Å². The number of carbonyl (C=O) groups is 1. The lowest BCUT2D eigenvalue weighted by molar-refractivity contribution is -0.121. The molecule has 0 aromatic carbocycles. The summed E-state index contributed by atoms with van der Waals surface area (Å²) in [7, 11) is 3.63. The van der Waals surface area contributed by atoms with E-state index in [0.29, 0.717) is 19.4 Å². The van der Waals surface area contributed by atoms with Crippen LogP contribution in [0.5, 0.6) is 0 Å². The molecular formula is C18H26N6O2. The number of nitrogens with one attached hydrogen (secondary N) is 1. The van der Waals surface area contributed by atoms with Crippen LogP contribution in [-0.2, 0) is 23.0 Å². The third kappa shape index (κ3) is 4.19. The van der Waals surface area contributed by atoms with E-state index in [1.54, 1.807) is 19.6 Å². The molecule has 0 unspecified atom stereocenters. The van der Waals surface area contributed by atoms with Gasteiger partial charge in [0, 0.05) is 45.6 Å². The van der Waals surface area contributed by atoms with Gasteiger partial charge in [-0.1, -0.05) is 0 Å². The molecule has 1 aliphatic heterocycles. The lowest BCUT2D eigenvalue weighted by Crippen LogP contribution is -2.40. The normalized spacial score (nSPS) is 19.7. The first kappa shape index (κ1) is 18.3. The molecule has 3 heterocycles. The number of hydrogen-bond donors (Lipinski definition) is 1. The van der Waals surface area contributed by atoms with E-state index < -0.39 is 0 Å². The topological polar surface area (TPSA) is 85.2 Å². The number of rotatable bonds is 7. The fraction of sp³-hybridized carbons (Fsp3) is 0.556. The first-order valence-corrected chi connectivity index (χ1v) is 8.88. The third-order valence-corrected chi connectivity index (χ3v) is 5.06. The summed E-state index contributed by atoms with van der Waals surface area (Å²) in [6.45, 7) is 3.36. The molecule has 0 radical (unpaired) electrons. The summed E-state index contributed by atoms with van der Waals surface area (Å²) >= 11 is 0. The van der Waals surface area contributed by atoms with Gasteiger partial charge in [-0.25, -0.2) is 9.97 Å². The molecule has 1 N–H and O–H groups in total. The van der Waals surface area contributed by atoms with Crippen LogP contribution in [0.3, 0.4) is 0 Å². The molecule has 1 fully saturated rings. The predicted molar refractivity (Wildman–Crippen MR) is 97.9 cm³/mol. The minimum absolute atomic E-state index is 0.0526. The van der Waals surface area contributed by atoms with Crippen LogP contribution in [0.15, 0.2) is 24.8 Å². The van der Waals surface area contributed by atoms with Gasteiger partial charge in [-0.3, -0.25) is 9.48 Å². The Bertz CT molecular complexity index is 733. The summed E-state index contributed by atoms with van der Waals surface area (Å²) in [5, 5.41) is 7.28. The summed E-state index contributed by atoms with van der Waals surface area (Å²) in [6.07, 6.45) is 7.27. The summed E-state index contributed by atoms with van der Waals surface area (Å²) in [6, 6.07) is 2.05. The average molecular weight is 358 g/mol. The van der Waals surface area contributed by atoms with Crippen LogP contribution in [0, 0.1) is 6.92 Å². The van der Waals surface area contributed by atoms with Gasteiger partial charge in [0.15, 0.2) is 0 Å². The summed E-state index contributed by atoms with van der Waals surface area (Å²) in [5.41, 5.74) is 2.22. The zero-order valence-electron chi connectivity index (χ0n) is 15.6. The van der Waals surface area contributed by atoms with Crippen molar-refractivity contribution in [3.05, 3.63) is 36.0 Å². The molecule has 2 aromatic rings. The van der Waals surface area contributed by atoms with Gasteiger partial charge in [-0.15, -0.1) is 0 Å². The van der Waals surface area contributed by atoms with Gasteiger partial charge in [0.2, 0.25) is 5.91 Å². The fourth-order valence-electron chi connectivity index (χ4n) is 3.33. The molecule has 0 bridgehead atoms. The molecule has 140 valence electrons. The highest BCUT2D eigenvalue weighted by Gasteiger charge is 2.33. The molecule has 2 aromatic heterocycles. The summed E-state index contributed by atoms with van der Waals surface area (Å²) in [4.78, 5) is 22.8. The first-order chi connectivity index (χ1) is 12.6. The van der Waals surface area contributed by atoms with Crippen LogP contribution in [0.25, 0.3) is 0 Å². The Hall–Kier alpha value is -2.48. The summed E-state index contributed by atoms with van der Waals surface area (Å²) in [5.74, 6) is 0.918. The Labute approximate surface area is 153 Å². The molecule has 0 aliphatic carbocycles. The van der Waals surface area contributed by atoms with Gasteiger partial charge in [0.1, 0.15) is 12.1 Å². The molecule has 26 heavy (non-hydrogen) atoms. The van der Waals surface area contributed by atoms with Gasteiger partial charge in [-0.2, -0.15) is 5.10 Å². The highest BCUT2D eigenvalue weighted by molar-refractivity contribution is 5.76. The van der Waals surface area contributed by atoms with Gasteiger partial charge in [-0.05, 0) is 31.4 Å². The third-order valence-electron chi connectivity index (χ3n) is 5.06. The van der Waals surface area contributed by atoms with Crippen LogP contribution >= 0.6 is 0 Å². The molecule has 1 aliphatic rings. The Morgan fingerprint density at radius 3 is 2.96 bits per heavy atom. The maximum atomic E-state index is 12.3. The van der Waals surface area contributed by atoms with Crippen LogP contribution in [-0.4, -0.2) is 58.0 Å². The standard InChI is InChI=1S/C18H26N6O2/c1-13-14(9-22-23(13)2)4-5-18(25)20-10-15-8-16(26-3)11-24(15)17-6-7-19-12-21-17/h6-7,9,12,15-16H,4-5,8,10-11H2,1-3H3,(H,20,25)/t15-,16-/m1/s1. The minimum Gasteiger partial charge on any atom is -0.380 e. The van der Waals surface area contributed by atoms with Crippen molar-refractivity contribution in [3.63, 3.8) is 0 Å². The van der Waals surface area contributed by atoms with Crippen molar-refractivity contribution in [1.82, 2.24) is 25.1 Å². The number of ether oxygens (including phenoxy) is 1. The molecule has 1 amide bonds. The first-order valence-electron chi connectivity index (χ1n) is 8.88. The average Bonchev–Trinajstić information content (AvgIpc) is 3.23. The van der Waals surface area contributed by atoms with Crippen LogP contribution < -0.4 is 10.2 Å². The number of anilines is 1. The quantitative estimate of drug-likeness (QED) is 0.790. The monoisotopic (exact) mass is 358 g/mol. The van der Waals surface area contributed by atoms with Crippen molar-refractivity contribution >= 4 is 11.7 Å². The second kappa shape index (κ2) is 8.27. The number of amides is 1. The van der Waals surface area contributed by atoms with Crippen molar-refractivity contribution < 1.29 is 9.53 Å². The number of nitrogens with zero attached hydrogens (tertiary/aromatic N) is 5. The van der Waals surface area contributed by atoms with Crippen LogP contribution in [0.2, 0.25) is 0 Å². The number of hydrogen-bond acceptors (Lipinski definition) is 6. The maximum Gasteiger partial charge on any atom is 0.220 e. The largest absolute Gasteiger partial charge is 0.380 e. The lowest BCUT2D eigenvalue weighted by Gasteiger charge is -2.25.